The number of thioether (sulfide) groups is 1. The van der Waals surface area contributed by atoms with Gasteiger partial charge in [0.15, 0.2) is 6.10 Å². The van der Waals surface area contributed by atoms with E-state index in [9.17, 15) is 19.1 Å². The summed E-state index contributed by atoms with van der Waals surface area (Å²) in [5, 5.41) is 11.2. The number of nitrogens with zero attached hydrogens (tertiary/aromatic N) is 2. The van der Waals surface area contributed by atoms with Crippen LogP contribution in [0.3, 0.4) is 0 Å². The first-order valence-electron chi connectivity index (χ1n) is 12.3. The molecule has 192 valence electrons. The minimum atomic E-state index is -1.48. The molecule has 7 nitrogen and oxygen atoms in total. The van der Waals surface area contributed by atoms with Crippen molar-refractivity contribution in [2.24, 2.45) is 5.73 Å². The molecule has 2 aromatic heterocycles. The number of hydrogen-bond donors (Lipinski definition) is 2. The van der Waals surface area contributed by atoms with Gasteiger partial charge in [-0.1, -0.05) is 13.8 Å². The van der Waals surface area contributed by atoms with Crippen LogP contribution in [0.15, 0.2) is 16.9 Å². The molecule has 3 aromatic rings. The SMILES string of the molecule is CC.CSCCN.Cc1c(F)cc2nc3c(c4c2c1CCC4)Cn1c-3cc2c(c1=O)COC(=O)C2O. The van der Waals surface area contributed by atoms with E-state index < -0.39 is 12.1 Å². The van der Waals surface area contributed by atoms with Crippen LogP contribution in [-0.4, -0.2) is 39.2 Å². The molecule has 0 saturated heterocycles. The number of halogens is 1. The number of carbonyl (C=O) groups is 1. The van der Waals surface area contributed by atoms with Crippen LogP contribution in [0, 0.1) is 12.7 Å². The van der Waals surface area contributed by atoms with Crippen molar-refractivity contribution in [1.82, 2.24) is 9.55 Å². The zero-order chi connectivity index (χ0) is 26.1. The van der Waals surface area contributed by atoms with E-state index in [1.807, 2.05) is 20.1 Å². The molecule has 0 spiro atoms. The van der Waals surface area contributed by atoms with Gasteiger partial charge in [0.05, 0.1) is 29.0 Å². The summed E-state index contributed by atoms with van der Waals surface area (Å²) in [5.41, 5.74) is 11.0. The third-order valence-electron chi connectivity index (χ3n) is 6.86. The maximum atomic E-state index is 14.5. The highest BCUT2D eigenvalue weighted by atomic mass is 32.2. The first-order chi connectivity index (χ1) is 17.4. The predicted octanol–water partition coefficient (Wildman–Crippen LogP) is 3.79. The fraction of sp³-hybridized carbons (Fsp3) is 0.444. The molecule has 6 rings (SSSR count). The molecule has 4 heterocycles. The van der Waals surface area contributed by atoms with Crippen LogP contribution >= 0.6 is 11.8 Å². The zero-order valence-corrected chi connectivity index (χ0v) is 21.9. The first-order valence-corrected chi connectivity index (χ1v) is 13.7. The molecule has 36 heavy (non-hydrogen) atoms. The van der Waals surface area contributed by atoms with Crippen molar-refractivity contribution in [2.45, 2.75) is 59.3 Å². The number of carbonyl (C=O) groups excluding carboxylic acids is 1. The van der Waals surface area contributed by atoms with Crippen LogP contribution in [0.4, 0.5) is 4.39 Å². The number of benzene rings is 1. The van der Waals surface area contributed by atoms with Crippen LogP contribution in [0.1, 0.15) is 59.8 Å². The highest BCUT2D eigenvalue weighted by Gasteiger charge is 2.35. The predicted molar refractivity (Wildman–Crippen MR) is 141 cm³/mol. The van der Waals surface area contributed by atoms with Crippen molar-refractivity contribution in [2.75, 3.05) is 18.6 Å². The summed E-state index contributed by atoms with van der Waals surface area (Å²) >= 11 is 1.78. The summed E-state index contributed by atoms with van der Waals surface area (Å²) in [5.74, 6) is 0.0515. The lowest BCUT2D eigenvalue weighted by molar-refractivity contribution is -0.157. The van der Waals surface area contributed by atoms with Crippen molar-refractivity contribution in [3.63, 3.8) is 0 Å². The summed E-state index contributed by atoms with van der Waals surface area (Å²) in [6.07, 6.45) is 3.16. The number of aromatic nitrogens is 2. The number of hydrogen-bond acceptors (Lipinski definition) is 7. The van der Waals surface area contributed by atoms with Gasteiger partial charge < -0.3 is 20.1 Å². The van der Waals surface area contributed by atoms with Gasteiger partial charge in [0.1, 0.15) is 12.4 Å². The number of nitrogens with two attached hydrogens (primary N) is 1. The van der Waals surface area contributed by atoms with E-state index in [-0.39, 0.29) is 23.5 Å². The molecule has 3 aliphatic rings. The standard InChI is InChI=1S/C22H17FN2O4.C3H9NS.C2H6/c1-9-10-3-2-4-11-13-7-25-17(19(13)24-16(18(10)11)6-15(9)23)5-12-14(21(25)27)8-29-22(28)20(12)26;1-5-3-2-4;1-2/h5-6,20,26H,2-4,7-8H2,1H3;2-4H2,1H3;1-2H3. The third-order valence-corrected chi connectivity index (χ3v) is 7.51. The van der Waals surface area contributed by atoms with Crippen LogP contribution in [0.25, 0.3) is 22.3 Å². The van der Waals surface area contributed by atoms with Gasteiger partial charge in [0.25, 0.3) is 5.56 Å². The van der Waals surface area contributed by atoms with Gasteiger partial charge in [0.2, 0.25) is 0 Å². The second kappa shape index (κ2) is 10.7. The summed E-state index contributed by atoms with van der Waals surface area (Å²) in [7, 11) is 0. The van der Waals surface area contributed by atoms with Gasteiger partial charge in [-0.3, -0.25) is 4.79 Å². The van der Waals surface area contributed by atoms with Crippen molar-refractivity contribution in [3.8, 4) is 11.4 Å². The molecule has 9 heteroatoms. The minimum absolute atomic E-state index is 0.141. The molecule has 0 fully saturated rings. The van der Waals surface area contributed by atoms with Crippen molar-refractivity contribution >= 4 is 28.6 Å². The maximum absolute atomic E-state index is 14.5. The van der Waals surface area contributed by atoms with Gasteiger partial charge in [-0.15, -0.1) is 0 Å². The quantitative estimate of drug-likeness (QED) is 0.393. The van der Waals surface area contributed by atoms with Crippen LogP contribution < -0.4 is 11.3 Å². The molecule has 0 saturated carbocycles. The Kier molecular flexibility index (Phi) is 7.82. The van der Waals surface area contributed by atoms with E-state index in [2.05, 4.69) is 0 Å². The molecule has 3 N–H and O–H groups in total. The Bertz CT molecular complexity index is 1400. The van der Waals surface area contributed by atoms with E-state index in [1.54, 1.807) is 29.3 Å². The lowest BCUT2D eigenvalue weighted by Crippen LogP contribution is -2.32. The zero-order valence-electron chi connectivity index (χ0n) is 21.1. The lowest BCUT2D eigenvalue weighted by atomic mass is 9.85. The van der Waals surface area contributed by atoms with E-state index in [4.69, 9.17) is 15.5 Å². The summed E-state index contributed by atoms with van der Waals surface area (Å²) in [6.45, 7) is 6.85. The van der Waals surface area contributed by atoms with Gasteiger partial charge >= 0.3 is 5.97 Å². The second-order valence-corrected chi connectivity index (χ2v) is 9.76. The highest BCUT2D eigenvalue weighted by Crippen LogP contribution is 2.41. The van der Waals surface area contributed by atoms with Crippen molar-refractivity contribution < 1.29 is 19.0 Å². The van der Waals surface area contributed by atoms with Gasteiger partial charge in [-0.2, -0.15) is 11.8 Å². The normalized spacial score (nSPS) is 16.6. The molecule has 0 bridgehead atoms. The average molecular weight is 514 g/mol. The van der Waals surface area contributed by atoms with Crippen molar-refractivity contribution in [3.05, 3.63) is 61.7 Å². The van der Waals surface area contributed by atoms with Crippen molar-refractivity contribution in [1.29, 1.82) is 0 Å². The Hall–Kier alpha value is -2.75. The number of ether oxygens (including phenoxy) is 1. The summed E-state index contributed by atoms with van der Waals surface area (Å²) in [4.78, 5) is 29.6. The third kappa shape index (κ3) is 4.23. The number of fused-ring (bicyclic) bond motifs is 5. The van der Waals surface area contributed by atoms with Crippen LogP contribution in [0.5, 0.6) is 0 Å². The molecular formula is C27H32FN3O4S. The van der Waals surface area contributed by atoms with E-state index in [1.165, 1.54) is 6.07 Å². The Balaban J connectivity index is 0.000000391. The largest absolute Gasteiger partial charge is 0.458 e. The fourth-order valence-corrected chi connectivity index (χ4v) is 5.42. The molecule has 1 atom stereocenters. The molecule has 0 amide bonds. The second-order valence-electron chi connectivity index (χ2n) is 8.77. The molecule has 1 aliphatic carbocycles. The van der Waals surface area contributed by atoms with E-state index in [0.29, 0.717) is 34.6 Å². The average Bonchev–Trinajstić information content (AvgIpc) is 3.26. The van der Waals surface area contributed by atoms with Gasteiger partial charge in [-0.25, -0.2) is 14.2 Å². The van der Waals surface area contributed by atoms with Crippen LogP contribution in [-0.2, 0) is 35.5 Å². The number of aryl methyl sites for hydroxylation is 2. The maximum Gasteiger partial charge on any atom is 0.340 e. The molecule has 1 aromatic carbocycles. The molecule has 2 aliphatic heterocycles. The summed E-state index contributed by atoms with van der Waals surface area (Å²) in [6, 6.07) is 3.13. The molecule has 1 unspecified atom stereocenters. The number of pyridine rings is 2. The first kappa shape index (κ1) is 26.3. The Morgan fingerprint density at radius 2 is 1.92 bits per heavy atom. The number of rotatable bonds is 2. The highest BCUT2D eigenvalue weighted by molar-refractivity contribution is 7.98. The lowest BCUT2D eigenvalue weighted by Gasteiger charge is -2.22. The number of aliphatic hydroxyl groups is 1. The topological polar surface area (TPSA) is 107 Å². The fourth-order valence-electron chi connectivity index (χ4n) is 5.18. The number of aliphatic hydroxyl groups excluding tert-OH is 1. The van der Waals surface area contributed by atoms with Gasteiger partial charge in [0, 0.05) is 34.9 Å². The molecular weight excluding hydrogens is 481 g/mol. The Labute approximate surface area is 213 Å². The smallest absolute Gasteiger partial charge is 0.340 e. The Morgan fingerprint density at radius 1 is 1.19 bits per heavy atom. The number of esters is 1. The molecule has 0 radical (unpaired) electrons. The van der Waals surface area contributed by atoms with Crippen LogP contribution in [0.2, 0.25) is 0 Å². The van der Waals surface area contributed by atoms with E-state index in [0.717, 1.165) is 53.6 Å². The minimum Gasteiger partial charge on any atom is -0.458 e. The van der Waals surface area contributed by atoms with Gasteiger partial charge in [-0.05, 0) is 55.2 Å². The Morgan fingerprint density at radius 3 is 2.58 bits per heavy atom. The number of cyclic esters (lactones) is 1. The van der Waals surface area contributed by atoms with E-state index >= 15 is 0 Å². The monoisotopic (exact) mass is 513 g/mol. The summed E-state index contributed by atoms with van der Waals surface area (Å²) < 4.78 is 21.1.